The summed E-state index contributed by atoms with van der Waals surface area (Å²) in [6.07, 6.45) is 4.96. The minimum atomic E-state index is -3.37. The summed E-state index contributed by atoms with van der Waals surface area (Å²) >= 11 is 2.00. The molecule has 35 heavy (non-hydrogen) atoms. The van der Waals surface area contributed by atoms with E-state index in [9.17, 15) is 8.42 Å². The van der Waals surface area contributed by atoms with Crippen LogP contribution in [0.5, 0.6) is 0 Å². The third-order valence-corrected chi connectivity index (χ3v) is 8.30. The maximum absolute atomic E-state index is 12.1. The van der Waals surface area contributed by atoms with E-state index in [-0.39, 0.29) is 0 Å². The van der Waals surface area contributed by atoms with Crippen molar-refractivity contribution >= 4 is 55.8 Å². The highest BCUT2D eigenvalue weighted by atomic mass is 32.2. The average Bonchev–Trinajstić information content (AvgIpc) is 3.26. The van der Waals surface area contributed by atoms with Gasteiger partial charge in [-0.15, -0.1) is 0 Å². The number of thioether (sulfide) groups is 1. The first-order valence-electron chi connectivity index (χ1n) is 11.4. The normalized spacial score (nSPS) is 14.3. The fraction of sp³-hybridized carbons (Fsp3) is 0.280. The van der Waals surface area contributed by atoms with E-state index in [1.54, 1.807) is 13.2 Å². The van der Waals surface area contributed by atoms with Crippen molar-refractivity contribution in [1.29, 1.82) is 0 Å². The van der Waals surface area contributed by atoms with Gasteiger partial charge in [0.25, 0.3) is 0 Å². The summed E-state index contributed by atoms with van der Waals surface area (Å²) in [6, 6.07) is 17.9. The maximum Gasteiger partial charge on any atom is 0.232 e. The molecule has 0 atom stereocenters. The second-order valence-corrected chi connectivity index (χ2v) is 11.8. The number of hydrogen-bond donors (Lipinski definition) is 1. The van der Waals surface area contributed by atoms with Gasteiger partial charge < -0.3 is 14.8 Å². The van der Waals surface area contributed by atoms with Crippen LogP contribution in [-0.4, -0.2) is 60.9 Å². The molecule has 10 heteroatoms. The van der Waals surface area contributed by atoms with Gasteiger partial charge >= 0.3 is 0 Å². The number of anilines is 4. The summed E-state index contributed by atoms with van der Waals surface area (Å²) in [4.78, 5) is 11.6. The number of benzene rings is 2. The van der Waals surface area contributed by atoms with E-state index >= 15 is 0 Å². The quantitative estimate of drug-likeness (QED) is 0.401. The van der Waals surface area contributed by atoms with Crippen LogP contribution in [0, 0.1) is 0 Å². The minimum Gasteiger partial charge on any atom is -0.370 e. The van der Waals surface area contributed by atoms with Gasteiger partial charge in [-0.3, -0.25) is 4.31 Å². The van der Waals surface area contributed by atoms with E-state index in [1.807, 2.05) is 52.9 Å². The Morgan fingerprint density at radius 3 is 2.54 bits per heavy atom. The van der Waals surface area contributed by atoms with Gasteiger partial charge in [-0.05, 0) is 42.0 Å². The van der Waals surface area contributed by atoms with Crippen LogP contribution in [0.1, 0.15) is 5.56 Å². The molecular weight excluding hydrogens is 480 g/mol. The Bertz CT molecular complexity index is 1430. The molecule has 1 saturated heterocycles. The van der Waals surface area contributed by atoms with Gasteiger partial charge in [0.1, 0.15) is 5.65 Å². The van der Waals surface area contributed by atoms with Gasteiger partial charge in [0, 0.05) is 60.8 Å². The summed E-state index contributed by atoms with van der Waals surface area (Å²) in [5.41, 5.74) is 4.48. The molecule has 1 aliphatic rings. The van der Waals surface area contributed by atoms with Crippen molar-refractivity contribution in [2.75, 3.05) is 52.4 Å². The molecular formula is C25H28N6O2S2. The third-order valence-electron chi connectivity index (χ3n) is 6.17. The molecule has 0 bridgehead atoms. The highest BCUT2D eigenvalue weighted by Crippen LogP contribution is 2.26. The molecule has 1 N–H and O–H groups in total. The van der Waals surface area contributed by atoms with Crippen LogP contribution in [-0.2, 0) is 16.6 Å². The fourth-order valence-corrected chi connectivity index (χ4v) is 5.62. The van der Waals surface area contributed by atoms with Crippen LogP contribution in [0.4, 0.5) is 23.0 Å². The lowest BCUT2D eigenvalue weighted by Crippen LogP contribution is -2.32. The van der Waals surface area contributed by atoms with Crippen LogP contribution >= 0.6 is 11.8 Å². The molecule has 1 aliphatic heterocycles. The molecule has 2 aromatic carbocycles. The Labute approximate surface area is 210 Å². The van der Waals surface area contributed by atoms with Crippen molar-refractivity contribution in [1.82, 2.24) is 14.5 Å². The van der Waals surface area contributed by atoms with Crippen molar-refractivity contribution in [3.8, 4) is 0 Å². The van der Waals surface area contributed by atoms with E-state index < -0.39 is 10.0 Å². The highest BCUT2D eigenvalue weighted by Gasteiger charge is 2.16. The third kappa shape index (κ3) is 5.23. The van der Waals surface area contributed by atoms with Gasteiger partial charge in [0.15, 0.2) is 0 Å². The molecule has 0 radical (unpaired) electrons. The summed E-state index contributed by atoms with van der Waals surface area (Å²) in [7, 11) is -1.80. The van der Waals surface area contributed by atoms with Gasteiger partial charge in [-0.2, -0.15) is 16.7 Å². The molecule has 4 aromatic rings. The van der Waals surface area contributed by atoms with Crippen LogP contribution < -0.4 is 14.5 Å². The second-order valence-electron chi connectivity index (χ2n) is 8.55. The molecule has 0 amide bonds. The Hall–Kier alpha value is -3.24. The predicted octanol–water partition coefficient (Wildman–Crippen LogP) is 4.17. The predicted molar refractivity (Wildman–Crippen MR) is 146 cm³/mol. The number of nitrogens with zero attached hydrogens (tertiary/aromatic N) is 5. The number of aromatic nitrogens is 3. The molecule has 2 aromatic heterocycles. The topological polar surface area (TPSA) is 83.4 Å². The van der Waals surface area contributed by atoms with Gasteiger partial charge in [0.2, 0.25) is 16.0 Å². The first-order chi connectivity index (χ1) is 16.9. The summed E-state index contributed by atoms with van der Waals surface area (Å²) in [6.45, 7) is 2.65. The fourth-order valence-electron chi connectivity index (χ4n) is 4.18. The van der Waals surface area contributed by atoms with E-state index in [0.717, 1.165) is 35.4 Å². The first kappa shape index (κ1) is 23.5. The van der Waals surface area contributed by atoms with E-state index in [4.69, 9.17) is 4.98 Å². The zero-order valence-corrected chi connectivity index (χ0v) is 21.4. The van der Waals surface area contributed by atoms with E-state index in [2.05, 4.69) is 39.5 Å². The van der Waals surface area contributed by atoms with Crippen LogP contribution in [0.15, 0.2) is 67.0 Å². The van der Waals surface area contributed by atoms with Crippen molar-refractivity contribution in [3.63, 3.8) is 0 Å². The summed E-state index contributed by atoms with van der Waals surface area (Å²) in [5, 5.41) is 4.23. The zero-order valence-electron chi connectivity index (χ0n) is 19.8. The van der Waals surface area contributed by atoms with Crippen molar-refractivity contribution in [2.24, 2.45) is 0 Å². The molecule has 5 rings (SSSR count). The van der Waals surface area contributed by atoms with Crippen molar-refractivity contribution in [3.05, 3.63) is 72.6 Å². The smallest absolute Gasteiger partial charge is 0.232 e. The second kappa shape index (κ2) is 9.79. The number of hydrogen-bond acceptors (Lipinski definition) is 7. The van der Waals surface area contributed by atoms with Gasteiger partial charge in [0.05, 0.1) is 18.5 Å². The number of fused-ring (bicyclic) bond motifs is 1. The highest BCUT2D eigenvalue weighted by molar-refractivity contribution is 7.99. The van der Waals surface area contributed by atoms with Crippen molar-refractivity contribution < 1.29 is 8.42 Å². The monoisotopic (exact) mass is 508 g/mol. The molecule has 0 spiro atoms. The Kier molecular flexibility index (Phi) is 6.57. The Morgan fingerprint density at radius 2 is 1.80 bits per heavy atom. The molecule has 182 valence electrons. The number of rotatable bonds is 7. The molecule has 0 aliphatic carbocycles. The lowest BCUT2D eigenvalue weighted by molar-refractivity contribution is 0.600. The van der Waals surface area contributed by atoms with Gasteiger partial charge in [-0.25, -0.2) is 13.4 Å². The maximum atomic E-state index is 12.1. The van der Waals surface area contributed by atoms with Crippen LogP contribution in [0.3, 0.4) is 0 Å². The van der Waals surface area contributed by atoms with E-state index in [1.165, 1.54) is 27.8 Å². The van der Waals surface area contributed by atoms with Crippen LogP contribution in [0.25, 0.3) is 11.0 Å². The molecule has 3 heterocycles. The Morgan fingerprint density at radius 1 is 1.06 bits per heavy atom. The number of nitrogens with one attached hydrogen (secondary N) is 1. The van der Waals surface area contributed by atoms with Crippen LogP contribution in [0.2, 0.25) is 0 Å². The standard InChI is InChI=1S/C25H28N6O2S2/c1-29(35(2,32)33)23-6-4-3-5-20(23)18-31-12-11-19-17-26-25(28-24(19)31)27-21-7-9-22(10-8-21)30-13-15-34-16-14-30/h3-12,17H,13-16,18H2,1-2H3,(H,26,27,28). The molecule has 0 unspecified atom stereocenters. The zero-order chi connectivity index (χ0) is 24.4. The summed E-state index contributed by atoms with van der Waals surface area (Å²) in [5.74, 6) is 2.85. The molecule has 1 fully saturated rings. The SMILES string of the molecule is CN(c1ccccc1Cn1ccc2cnc(Nc3ccc(N4CCSCC4)cc3)nc21)S(C)(=O)=O. The average molecular weight is 509 g/mol. The largest absolute Gasteiger partial charge is 0.370 e. The molecule has 8 nitrogen and oxygen atoms in total. The minimum absolute atomic E-state index is 0.485. The van der Waals surface area contributed by atoms with Crippen molar-refractivity contribution in [2.45, 2.75) is 6.54 Å². The lowest BCUT2D eigenvalue weighted by atomic mass is 10.2. The number of para-hydroxylation sites is 1. The van der Waals surface area contributed by atoms with E-state index in [0.29, 0.717) is 18.2 Å². The summed E-state index contributed by atoms with van der Waals surface area (Å²) < 4.78 is 27.5. The lowest BCUT2D eigenvalue weighted by Gasteiger charge is -2.28. The van der Waals surface area contributed by atoms with Gasteiger partial charge in [-0.1, -0.05) is 18.2 Å². The first-order valence-corrected chi connectivity index (χ1v) is 14.4. The Balaban J connectivity index is 1.37. The number of sulfonamides is 1. The molecule has 0 saturated carbocycles.